The average molecular weight is 341 g/mol. The van der Waals surface area contributed by atoms with Crippen LogP contribution in [0.15, 0.2) is 53.7 Å². The predicted octanol–water partition coefficient (Wildman–Crippen LogP) is 2.43. The van der Waals surface area contributed by atoms with Gasteiger partial charge in [-0.1, -0.05) is 29.4 Å². The van der Waals surface area contributed by atoms with Gasteiger partial charge < -0.3 is 19.8 Å². The molecule has 132 valence electrons. The molecule has 0 fully saturated rings. The number of amides is 1. The van der Waals surface area contributed by atoms with E-state index in [1.807, 2.05) is 67.5 Å². The zero-order valence-electron chi connectivity index (χ0n) is 14.7. The summed E-state index contributed by atoms with van der Waals surface area (Å²) in [6.07, 6.45) is 1.58. The molecule has 0 aliphatic rings. The number of hydrogen-bond donors (Lipinski definition) is 1. The molecular formula is C19H23N3O3. The van der Waals surface area contributed by atoms with E-state index in [9.17, 15) is 4.79 Å². The number of methoxy groups -OCH3 is 1. The summed E-state index contributed by atoms with van der Waals surface area (Å²) in [5.41, 5.74) is 2.97. The van der Waals surface area contributed by atoms with E-state index in [1.54, 1.807) is 13.3 Å². The first-order chi connectivity index (χ1) is 12.1. The fraction of sp³-hybridized carbons (Fsp3) is 0.263. The molecule has 6 nitrogen and oxygen atoms in total. The third-order valence-electron chi connectivity index (χ3n) is 3.51. The van der Waals surface area contributed by atoms with Gasteiger partial charge in [-0.3, -0.25) is 4.79 Å². The van der Waals surface area contributed by atoms with E-state index in [1.165, 1.54) is 0 Å². The third kappa shape index (κ3) is 6.18. The molecule has 0 bridgehead atoms. The van der Waals surface area contributed by atoms with Gasteiger partial charge in [0.25, 0.3) is 5.91 Å². The number of nitrogens with one attached hydrogen (secondary N) is 1. The van der Waals surface area contributed by atoms with Gasteiger partial charge in [-0.05, 0) is 35.4 Å². The molecule has 1 amide bonds. The van der Waals surface area contributed by atoms with Crippen LogP contribution in [0.25, 0.3) is 0 Å². The molecule has 1 N–H and O–H groups in total. The first-order valence-electron chi connectivity index (χ1n) is 7.91. The van der Waals surface area contributed by atoms with Crippen LogP contribution < -0.4 is 15.0 Å². The summed E-state index contributed by atoms with van der Waals surface area (Å²) in [6.45, 7) is 0.283. The molecule has 2 rings (SSSR count). The summed E-state index contributed by atoms with van der Waals surface area (Å²) in [5, 5.41) is 6.59. The molecule has 2 aromatic carbocycles. The maximum atomic E-state index is 11.8. The van der Waals surface area contributed by atoms with E-state index in [0.29, 0.717) is 6.54 Å². The van der Waals surface area contributed by atoms with Crippen molar-refractivity contribution in [2.24, 2.45) is 5.16 Å². The summed E-state index contributed by atoms with van der Waals surface area (Å²) in [5.74, 6) is 0.524. The highest BCUT2D eigenvalue weighted by Crippen LogP contribution is 2.12. The molecule has 0 radical (unpaired) electrons. The normalized spacial score (nSPS) is 10.5. The SMILES string of the molecule is COc1cccc(CNC(=O)CO/N=C/c2ccc(N(C)C)cc2)c1. The second-order valence-corrected chi connectivity index (χ2v) is 5.62. The van der Waals surface area contributed by atoms with Crippen molar-refractivity contribution in [1.82, 2.24) is 5.32 Å². The van der Waals surface area contributed by atoms with Gasteiger partial charge in [-0.2, -0.15) is 0 Å². The van der Waals surface area contributed by atoms with E-state index >= 15 is 0 Å². The molecule has 0 saturated carbocycles. The Morgan fingerprint density at radius 2 is 1.96 bits per heavy atom. The fourth-order valence-corrected chi connectivity index (χ4v) is 2.09. The Bertz CT molecular complexity index is 712. The summed E-state index contributed by atoms with van der Waals surface area (Å²) in [4.78, 5) is 18.8. The first kappa shape index (κ1) is 18.3. The van der Waals surface area contributed by atoms with E-state index in [2.05, 4.69) is 10.5 Å². The van der Waals surface area contributed by atoms with Crippen LogP contribution >= 0.6 is 0 Å². The minimum Gasteiger partial charge on any atom is -0.497 e. The number of benzene rings is 2. The second kappa shape index (κ2) is 9.32. The highest BCUT2D eigenvalue weighted by molar-refractivity contribution is 5.80. The van der Waals surface area contributed by atoms with Gasteiger partial charge in [0.05, 0.1) is 13.3 Å². The summed E-state index contributed by atoms with van der Waals surface area (Å²) in [7, 11) is 5.57. The van der Waals surface area contributed by atoms with E-state index in [-0.39, 0.29) is 12.5 Å². The Kier molecular flexibility index (Phi) is 6.83. The van der Waals surface area contributed by atoms with E-state index in [4.69, 9.17) is 9.57 Å². The van der Waals surface area contributed by atoms with Crippen molar-refractivity contribution < 1.29 is 14.4 Å². The lowest BCUT2D eigenvalue weighted by Crippen LogP contribution is -2.26. The third-order valence-corrected chi connectivity index (χ3v) is 3.51. The number of anilines is 1. The van der Waals surface area contributed by atoms with Crippen molar-refractivity contribution in [2.45, 2.75) is 6.54 Å². The first-order valence-corrected chi connectivity index (χ1v) is 7.91. The van der Waals surface area contributed by atoms with Crippen molar-refractivity contribution >= 4 is 17.8 Å². The number of nitrogens with zero attached hydrogens (tertiary/aromatic N) is 2. The Labute approximate surface area is 148 Å². The maximum absolute atomic E-state index is 11.8. The van der Waals surface area contributed by atoms with Gasteiger partial charge in [-0.15, -0.1) is 0 Å². The number of rotatable bonds is 8. The van der Waals surface area contributed by atoms with Crippen LogP contribution in [0, 0.1) is 0 Å². The van der Waals surface area contributed by atoms with E-state index in [0.717, 1.165) is 22.6 Å². The lowest BCUT2D eigenvalue weighted by molar-refractivity contribution is -0.125. The number of carbonyl (C=O) groups excluding carboxylic acids is 1. The van der Waals surface area contributed by atoms with Crippen LogP contribution in [-0.4, -0.2) is 39.9 Å². The quantitative estimate of drug-likeness (QED) is 0.592. The van der Waals surface area contributed by atoms with Crippen molar-refractivity contribution in [3.8, 4) is 5.75 Å². The van der Waals surface area contributed by atoms with Gasteiger partial charge in [0.1, 0.15) is 5.75 Å². The number of hydrogen-bond acceptors (Lipinski definition) is 5. The minimum atomic E-state index is -0.233. The predicted molar refractivity (Wildman–Crippen MR) is 99.2 cm³/mol. The summed E-state index contributed by atoms with van der Waals surface area (Å²) < 4.78 is 5.14. The highest BCUT2D eigenvalue weighted by Gasteiger charge is 2.02. The van der Waals surface area contributed by atoms with Gasteiger partial charge >= 0.3 is 0 Å². The maximum Gasteiger partial charge on any atom is 0.261 e. The van der Waals surface area contributed by atoms with Crippen LogP contribution in [0.2, 0.25) is 0 Å². The molecular weight excluding hydrogens is 318 g/mol. The minimum absolute atomic E-state index is 0.129. The Morgan fingerprint density at radius 3 is 2.64 bits per heavy atom. The summed E-state index contributed by atoms with van der Waals surface area (Å²) >= 11 is 0. The molecule has 2 aromatic rings. The lowest BCUT2D eigenvalue weighted by atomic mass is 10.2. The number of oxime groups is 1. The zero-order chi connectivity index (χ0) is 18.1. The topological polar surface area (TPSA) is 63.2 Å². The molecule has 0 aromatic heterocycles. The molecule has 6 heteroatoms. The molecule has 0 atom stereocenters. The van der Waals surface area contributed by atoms with Crippen LogP contribution in [0.5, 0.6) is 5.75 Å². The van der Waals surface area contributed by atoms with Gasteiger partial charge in [-0.25, -0.2) is 0 Å². The average Bonchev–Trinajstić information content (AvgIpc) is 2.64. The van der Waals surface area contributed by atoms with Crippen molar-refractivity contribution in [2.75, 3.05) is 32.7 Å². The standard InChI is InChI=1S/C19H23N3O3/c1-22(2)17-9-7-15(8-10-17)13-21-25-14-19(23)20-12-16-5-4-6-18(11-16)24-3/h4-11,13H,12,14H2,1-3H3,(H,20,23)/b21-13+. The summed E-state index contributed by atoms with van der Waals surface area (Å²) in [6, 6.07) is 15.4. The lowest BCUT2D eigenvalue weighted by Gasteiger charge is -2.11. The van der Waals surface area contributed by atoms with Crippen molar-refractivity contribution in [1.29, 1.82) is 0 Å². The highest BCUT2D eigenvalue weighted by atomic mass is 16.6. The fourth-order valence-electron chi connectivity index (χ4n) is 2.09. The Hall–Kier alpha value is -3.02. The molecule has 0 saturated heterocycles. The van der Waals surface area contributed by atoms with Crippen molar-refractivity contribution in [3.63, 3.8) is 0 Å². The molecule has 0 spiro atoms. The zero-order valence-corrected chi connectivity index (χ0v) is 14.7. The van der Waals surface area contributed by atoms with Gasteiger partial charge in [0.2, 0.25) is 0 Å². The smallest absolute Gasteiger partial charge is 0.261 e. The van der Waals surface area contributed by atoms with E-state index < -0.39 is 0 Å². The monoisotopic (exact) mass is 341 g/mol. The Morgan fingerprint density at radius 1 is 1.20 bits per heavy atom. The molecule has 0 unspecified atom stereocenters. The largest absolute Gasteiger partial charge is 0.497 e. The van der Waals surface area contributed by atoms with Crippen LogP contribution in [0.3, 0.4) is 0 Å². The molecule has 0 heterocycles. The van der Waals surface area contributed by atoms with Gasteiger partial charge in [0, 0.05) is 26.3 Å². The molecule has 25 heavy (non-hydrogen) atoms. The Balaban J connectivity index is 1.72. The van der Waals surface area contributed by atoms with Crippen LogP contribution in [-0.2, 0) is 16.2 Å². The van der Waals surface area contributed by atoms with Crippen molar-refractivity contribution in [3.05, 3.63) is 59.7 Å². The number of carbonyl (C=O) groups is 1. The molecule has 0 aliphatic heterocycles. The van der Waals surface area contributed by atoms with Crippen LogP contribution in [0.1, 0.15) is 11.1 Å². The number of ether oxygens (including phenoxy) is 1. The molecule has 0 aliphatic carbocycles. The second-order valence-electron chi connectivity index (χ2n) is 5.62. The van der Waals surface area contributed by atoms with Gasteiger partial charge in [0.15, 0.2) is 6.61 Å². The van der Waals surface area contributed by atoms with Crippen LogP contribution in [0.4, 0.5) is 5.69 Å².